The summed E-state index contributed by atoms with van der Waals surface area (Å²) >= 11 is 1.69. The van der Waals surface area contributed by atoms with Gasteiger partial charge in [0.1, 0.15) is 10.0 Å². The largest absolute Gasteiger partial charge is 0.379 e. The molecular formula is C18H25N3OS. The van der Waals surface area contributed by atoms with Crippen LogP contribution in [0.25, 0.3) is 10.6 Å². The third-order valence-electron chi connectivity index (χ3n) is 4.25. The Morgan fingerprint density at radius 1 is 1.17 bits per heavy atom. The number of rotatable bonds is 7. The van der Waals surface area contributed by atoms with Crippen LogP contribution in [0.1, 0.15) is 18.4 Å². The maximum Gasteiger partial charge on any atom is 0.125 e. The Morgan fingerprint density at radius 2 is 1.96 bits per heavy atom. The number of hydrogen-bond donors (Lipinski definition) is 1. The first kappa shape index (κ1) is 16.4. The highest BCUT2D eigenvalue weighted by Gasteiger charge is 2.09. The van der Waals surface area contributed by atoms with E-state index in [2.05, 4.69) is 39.5 Å². The minimum absolute atomic E-state index is 0.896. The number of aromatic nitrogens is 1. The zero-order valence-corrected chi connectivity index (χ0v) is 14.6. The molecule has 3 rings (SSSR count). The first-order chi connectivity index (χ1) is 11.3. The molecule has 0 saturated carbocycles. The summed E-state index contributed by atoms with van der Waals surface area (Å²) < 4.78 is 5.38. The monoisotopic (exact) mass is 331 g/mol. The third-order valence-corrected chi connectivity index (χ3v) is 5.31. The van der Waals surface area contributed by atoms with Crippen molar-refractivity contribution in [2.45, 2.75) is 19.3 Å². The molecule has 124 valence electrons. The van der Waals surface area contributed by atoms with Gasteiger partial charge in [-0.15, -0.1) is 0 Å². The molecule has 1 aromatic carbocycles. The average molecular weight is 331 g/mol. The van der Waals surface area contributed by atoms with Gasteiger partial charge in [-0.25, -0.2) is 4.98 Å². The fourth-order valence-corrected chi connectivity index (χ4v) is 3.60. The molecule has 23 heavy (non-hydrogen) atoms. The summed E-state index contributed by atoms with van der Waals surface area (Å²) in [7, 11) is 1.93. The Kier molecular flexibility index (Phi) is 6.02. The van der Waals surface area contributed by atoms with Crippen molar-refractivity contribution in [1.29, 1.82) is 0 Å². The maximum absolute atomic E-state index is 5.38. The molecule has 1 fully saturated rings. The van der Waals surface area contributed by atoms with Crippen molar-refractivity contribution in [2.75, 3.05) is 45.2 Å². The van der Waals surface area contributed by atoms with Gasteiger partial charge >= 0.3 is 0 Å². The maximum atomic E-state index is 5.38. The quantitative estimate of drug-likeness (QED) is 0.788. The third kappa shape index (κ3) is 4.77. The highest BCUT2D eigenvalue weighted by molar-refractivity contribution is 7.18. The molecule has 2 aromatic rings. The fourth-order valence-electron chi connectivity index (χ4n) is 2.83. The van der Waals surface area contributed by atoms with Crippen molar-refractivity contribution in [3.63, 3.8) is 0 Å². The van der Waals surface area contributed by atoms with Crippen molar-refractivity contribution in [3.8, 4) is 10.6 Å². The van der Waals surface area contributed by atoms with E-state index in [9.17, 15) is 0 Å². The molecular weight excluding hydrogens is 306 g/mol. The minimum Gasteiger partial charge on any atom is -0.379 e. The van der Waals surface area contributed by atoms with Crippen LogP contribution in [0.2, 0.25) is 0 Å². The number of anilines is 1. The Labute approximate surface area is 142 Å². The molecule has 0 radical (unpaired) electrons. The number of benzene rings is 1. The van der Waals surface area contributed by atoms with E-state index >= 15 is 0 Å². The van der Waals surface area contributed by atoms with E-state index in [1.54, 1.807) is 11.3 Å². The average Bonchev–Trinajstić information content (AvgIpc) is 3.09. The van der Waals surface area contributed by atoms with Gasteiger partial charge < -0.3 is 10.1 Å². The van der Waals surface area contributed by atoms with E-state index in [-0.39, 0.29) is 0 Å². The molecule has 0 unspecified atom stereocenters. The van der Waals surface area contributed by atoms with E-state index < -0.39 is 0 Å². The van der Waals surface area contributed by atoms with Crippen LogP contribution in [0.5, 0.6) is 0 Å². The molecule has 1 aliphatic heterocycles. The lowest BCUT2D eigenvalue weighted by atomic mass is 10.1. The van der Waals surface area contributed by atoms with Crippen LogP contribution in [0, 0.1) is 0 Å². The van der Waals surface area contributed by atoms with E-state index in [4.69, 9.17) is 4.74 Å². The number of ether oxygens (including phenoxy) is 1. The Bertz CT molecular complexity index is 591. The molecule has 2 heterocycles. The van der Waals surface area contributed by atoms with Crippen LogP contribution in [0.4, 0.5) is 5.00 Å². The second kappa shape index (κ2) is 8.43. The zero-order valence-electron chi connectivity index (χ0n) is 13.8. The van der Waals surface area contributed by atoms with Crippen LogP contribution in [0.15, 0.2) is 30.5 Å². The van der Waals surface area contributed by atoms with Crippen LogP contribution >= 0.6 is 11.3 Å². The second-order valence-electron chi connectivity index (χ2n) is 5.89. The Morgan fingerprint density at radius 3 is 2.65 bits per heavy atom. The van der Waals surface area contributed by atoms with Gasteiger partial charge in [0.15, 0.2) is 0 Å². The SMILES string of the molecule is CNc1cnc(-c2ccc(CCCCN3CCOCC3)cc2)s1. The summed E-state index contributed by atoms with van der Waals surface area (Å²) in [5, 5.41) is 5.31. The highest BCUT2D eigenvalue weighted by atomic mass is 32.1. The van der Waals surface area contributed by atoms with E-state index in [1.165, 1.54) is 30.5 Å². The van der Waals surface area contributed by atoms with Crippen molar-refractivity contribution >= 4 is 16.3 Å². The topological polar surface area (TPSA) is 37.4 Å². The zero-order chi connectivity index (χ0) is 15.9. The van der Waals surface area contributed by atoms with Gasteiger partial charge in [-0.3, -0.25) is 4.90 Å². The van der Waals surface area contributed by atoms with Crippen molar-refractivity contribution in [1.82, 2.24) is 9.88 Å². The fraction of sp³-hybridized carbons (Fsp3) is 0.500. The number of thiazole rings is 1. The Balaban J connectivity index is 1.44. The van der Waals surface area contributed by atoms with E-state index in [0.29, 0.717) is 0 Å². The normalized spacial score (nSPS) is 15.7. The molecule has 1 aliphatic rings. The smallest absolute Gasteiger partial charge is 0.125 e. The predicted octanol–water partition coefficient (Wildman–Crippen LogP) is 3.51. The summed E-state index contributed by atoms with van der Waals surface area (Å²) in [4.78, 5) is 6.96. The lowest BCUT2D eigenvalue weighted by molar-refractivity contribution is 0.0372. The van der Waals surface area contributed by atoms with Crippen LogP contribution < -0.4 is 5.32 Å². The van der Waals surface area contributed by atoms with Crippen molar-refractivity contribution < 1.29 is 4.74 Å². The summed E-state index contributed by atoms with van der Waals surface area (Å²) in [5.41, 5.74) is 2.62. The first-order valence-corrected chi connectivity index (χ1v) is 9.20. The predicted molar refractivity (Wildman–Crippen MR) is 97.3 cm³/mol. The molecule has 1 aromatic heterocycles. The summed E-state index contributed by atoms with van der Waals surface area (Å²) in [6, 6.07) is 8.86. The number of aryl methyl sites for hydroxylation is 1. The minimum atomic E-state index is 0.896. The number of hydrogen-bond acceptors (Lipinski definition) is 5. The van der Waals surface area contributed by atoms with Gasteiger partial charge in [0, 0.05) is 25.7 Å². The molecule has 4 nitrogen and oxygen atoms in total. The van der Waals surface area contributed by atoms with Gasteiger partial charge in [0.25, 0.3) is 0 Å². The molecule has 0 amide bonds. The number of morpholine rings is 1. The standard InChI is InChI=1S/C18H25N3OS/c1-19-17-14-20-18(23-17)16-7-5-15(6-8-16)4-2-3-9-21-10-12-22-13-11-21/h5-8,14,19H,2-4,9-13H2,1H3. The van der Waals surface area contributed by atoms with Gasteiger partial charge in [-0.05, 0) is 31.4 Å². The molecule has 0 aliphatic carbocycles. The summed E-state index contributed by atoms with van der Waals surface area (Å²) in [5.74, 6) is 0. The van der Waals surface area contributed by atoms with Gasteiger partial charge in [-0.2, -0.15) is 0 Å². The molecule has 0 atom stereocenters. The number of unbranched alkanes of at least 4 members (excludes halogenated alkanes) is 1. The second-order valence-corrected chi connectivity index (χ2v) is 6.92. The molecule has 5 heteroatoms. The highest BCUT2D eigenvalue weighted by Crippen LogP contribution is 2.28. The van der Waals surface area contributed by atoms with Crippen LogP contribution in [-0.4, -0.2) is 49.8 Å². The summed E-state index contributed by atoms with van der Waals surface area (Å²) in [6.45, 7) is 5.18. The van der Waals surface area contributed by atoms with Gasteiger partial charge in [0.2, 0.25) is 0 Å². The van der Waals surface area contributed by atoms with Crippen LogP contribution in [0.3, 0.4) is 0 Å². The summed E-state index contributed by atoms with van der Waals surface area (Å²) in [6.07, 6.45) is 5.56. The number of nitrogens with zero attached hydrogens (tertiary/aromatic N) is 2. The van der Waals surface area contributed by atoms with Gasteiger partial charge in [-0.1, -0.05) is 35.6 Å². The Hall–Kier alpha value is -1.43. The molecule has 0 spiro atoms. The number of nitrogens with one attached hydrogen (secondary N) is 1. The van der Waals surface area contributed by atoms with E-state index in [0.717, 1.165) is 42.7 Å². The molecule has 1 N–H and O–H groups in total. The van der Waals surface area contributed by atoms with Crippen molar-refractivity contribution in [2.24, 2.45) is 0 Å². The van der Waals surface area contributed by atoms with E-state index in [1.807, 2.05) is 13.2 Å². The lowest BCUT2D eigenvalue weighted by Crippen LogP contribution is -2.36. The van der Waals surface area contributed by atoms with Gasteiger partial charge in [0.05, 0.1) is 19.4 Å². The molecule has 0 bridgehead atoms. The lowest BCUT2D eigenvalue weighted by Gasteiger charge is -2.26. The molecule has 1 saturated heterocycles. The van der Waals surface area contributed by atoms with Crippen molar-refractivity contribution in [3.05, 3.63) is 36.0 Å². The van der Waals surface area contributed by atoms with Crippen LogP contribution in [-0.2, 0) is 11.2 Å². The first-order valence-electron chi connectivity index (χ1n) is 8.38.